The van der Waals surface area contributed by atoms with E-state index in [1.807, 2.05) is 37.3 Å². The summed E-state index contributed by atoms with van der Waals surface area (Å²) in [5, 5.41) is 4.31. The molecule has 0 N–H and O–H groups in total. The Bertz CT molecular complexity index is 754. The van der Waals surface area contributed by atoms with Gasteiger partial charge in [-0.3, -0.25) is 14.3 Å². The molecule has 2 amide bonds. The largest absolute Gasteiger partial charge is 0.329 e. The summed E-state index contributed by atoms with van der Waals surface area (Å²) >= 11 is 0. The summed E-state index contributed by atoms with van der Waals surface area (Å²) in [6.45, 7) is 2.59. The molecular formula is C18H22N4O2. The fourth-order valence-corrected chi connectivity index (χ4v) is 3.19. The van der Waals surface area contributed by atoms with Crippen LogP contribution in [0.1, 0.15) is 29.4 Å². The van der Waals surface area contributed by atoms with E-state index in [9.17, 15) is 9.59 Å². The number of amides is 2. The van der Waals surface area contributed by atoms with Gasteiger partial charge in [-0.2, -0.15) is 5.10 Å². The first-order chi connectivity index (χ1) is 11.5. The quantitative estimate of drug-likeness (QED) is 0.862. The number of hydrogen-bond acceptors (Lipinski definition) is 3. The van der Waals surface area contributed by atoms with Crippen LogP contribution in [0, 0.1) is 0 Å². The Hall–Kier alpha value is -2.63. The molecule has 1 fully saturated rings. The molecule has 6 nitrogen and oxygen atoms in total. The van der Waals surface area contributed by atoms with E-state index in [0.29, 0.717) is 24.9 Å². The zero-order chi connectivity index (χ0) is 17.3. The van der Waals surface area contributed by atoms with Gasteiger partial charge in [0.15, 0.2) is 0 Å². The lowest BCUT2D eigenvalue weighted by Gasteiger charge is -2.24. The van der Waals surface area contributed by atoms with Crippen molar-refractivity contribution in [1.29, 1.82) is 0 Å². The molecule has 3 rings (SSSR count). The number of para-hydroxylation sites is 1. The van der Waals surface area contributed by atoms with Crippen LogP contribution in [0.4, 0.5) is 5.69 Å². The number of hydrogen-bond donors (Lipinski definition) is 0. The van der Waals surface area contributed by atoms with Crippen molar-refractivity contribution in [2.75, 3.05) is 18.5 Å². The summed E-state index contributed by atoms with van der Waals surface area (Å²) in [5.74, 6) is -0.174. The molecule has 0 aliphatic carbocycles. The molecule has 0 spiro atoms. The van der Waals surface area contributed by atoms with Crippen LogP contribution in [0.15, 0.2) is 36.5 Å². The van der Waals surface area contributed by atoms with E-state index in [0.717, 1.165) is 11.4 Å². The zero-order valence-corrected chi connectivity index (χ0v) is 14.3. The molecule has 1 unspecified atom stereocenters. The minimum Gasteiger partial charge on any atom is -0.329 e. The van der Waals surface area contributed by atoms with Crippen LogP contribution in [0.3, 0.4) is 0 Å². The van der Waals surface area contributed by atoms with Crippen molar-refractivity contribution in [1.82, 2.24) is 14.7 Å². The van der Waals surface area contributed by atoms with E-state index < -0.39 is 6.04 Å². The first kappa shape index (κ1) is 16.2. The van der Waals surface area contributed by atoms with Crippen LogP contribution in [0.25, 0.3) is 0 Å². The van der Waals surface area contributed by atoms with E-state index in [4.69, 9.17) is 0 Å². The second kappa shape index (κ2) is 6.47. The number of aryl methyl sites for hydroxylation is 2. The van der Waals surface area contributed by atoms with Crippen LogP contribution >= 0.6 is 0 Å². The molecule has 0 bridgehead atoms. The molecule has 6 heteroatoms. The number of likely N-dealkylation sites (N-methyl/N-ethyl adjacent to an activating group) is 1. The van der Waals surface area contributed by atoms with Crippen molar-refractivity contribution in [3.63, 3.8) is 0 Å². The third-order valence-electron chi connectivity index (χ3n) is 4.50. The predicted molar refractivity (Wildman–Crippen MR) is 91.9 cm³/mol. The minimum absolute atomic E-state index is 0.0287. The molecule has 0 saturated carbocycles. The maximum atomic E-state index is 12.8. The fraction of sp³-hybridized carbons (Fsp3) is 0.389. The maximum Gasteiger partial charge on any atom is 0.257 e. The summed E-state index contributed by atoms with van der Waals surface area (Å²) in [7, 11) is 3.50. The van der Waals surface area contributed by atoms with Gasteiger partial charge in [-0.15, -0.1) is 0 Å². The van der Waals surface area contributed by atoms with E-state index >= 15 is 0 Å². The van der Waals surface area contributed by atoms with E-state index in [1.165, 1.54) is 0 Å². The summed E-state index contributed by atoms with van der Waals surface area (Å²) in [4.78, 5) is 28.9. The summed E-state index contributed by atoms with van der Waals surface area (Å²) in [5.41, 5.74) is 2.22. The monoisotopic (exact) mass is 326 g/mol. The lowest BCUT2D eigenvalue weighted by Crippen LogP contribution is -2.43. The third-order valence-corrected chi connectivity index (χ3v) is 4.50. The normalized spacial score (nSPS) is 17.4. The number of anilines is 1. The van der Waals surface area contributed by atoms with E-state index in [2.05, 4.69) is 5.10 Å². The Kier molecular flexibility index (Phi) is 4.38. The van der Waals surface area contributed by atoms with Crippen LogP contribution in [0.2, 0.25) is 0 Å². The number of rotatable bonds is 4. The van der Waals surface area contributed by atoms with Crippen molar-refractivity contribution in [2.45, 2.75) is 25.8 Å². The Morgan fingerprint density at radius 3 is 2.71 bits per heavy atom. The van der Waals surface area contributed by atoms with Crippen molar-refractivity contribution < 1.29 is 9.59 Å². The van der Waals surface area contributed by atoms with Crippen LogP contribution in [-0.4, -0.2) is 46.1 Å². The molecule has 1 aliphatic rings. The minimum atomic E-state index is -0.428. The van der Waals surface area contributed by atoms with Crippen LogP contribution < -0.4 is 4.90 Å². The number of carbonyl (C=O) groups is 2. The van der Waals surface area contributed by atoms with E-state index in [1.54, 1.807) is 34.8 Å². The van der Waals surface area contributed by atoms with Crippen molar-refractivity contribution in [3.05, 3.63) is 47.8 Å². The van der Waals surface area contributed by atoms with Gasteiger partial charge in [0, 0.05) is 32.5 Å². The molecule has 2 aromatic rings. The smallest absolute Gasteiger partial charge is 0.257 e. The molecule has 1 aliphatic heterocycles. The number of benzene rings is 1. The van der Waals surface area contributed by atoms with Gasteiger partial charge in [0.05, 0.1) is 11.3 Å². The Morgan fingerprint density at radius 1 is 1.33 bits per heavy atom. The summed E-state index contributed by atoms with van der Waals surface area (Å²) in [6, 6.07) is 9.15. The second-order valence-corrected chi connectivity index (χ2v) is 6.06. The van der Waals surface area contributed by atoms with Crippen molar-refractivity contribution in [2.24, 2.45) is 7.05 Å². The van der Waals surface area contributed by atoms with Crippen molar-refractivity contribution >= 4 is 17.5 Å². The van der Waals surface area contributed by atoms with Gasteiger partial charge in [-0.25, -0.2) is 0 Å². The molecule has 1 saturated heterocycles. The third kappa shape index (κ3) is 2.79. The SMILES string of the molecule is CCc1nn(C)cc1C(=O)N(C)C1CCN(c2ccccc2)C1=O. The van der Waals surface area contributed by atoms with Gasteiger partial charge in [-0.05, 0) is 25.0 Å². The van der Waals surface area contributed by atoms with Gasteiger partial charge >= 0.3 is 0 Å². The van der Waals surface area contributed by atoms with Crippen LogP contribution in [-0.2, 0) is 18.3 Å². The average molecular weight is 326 g/mol. The number of nitrogens with zero attached hydrogens (tertiary/aromatic N) is 4. The second-order valence-electron chi connectivity index (χ2n) is 6.06. The highest BCUT2D eigenvalue weighted by atomic mass is 16.2. The summed E-state index contributed by atoms with van der Waals surface area (Å²) in [6.07, 6.45) is 3.05. The van der Waals surface area contributed by atoms with E-state index in [-0.39, 0.29) is 11.8 Å². The lowest BCUT2D eigenvalue weighted by atomic mass is 10.1. The lowest BCUT2D eigenvalue weighted by molar-refractivity contribution is -0.120. The molecule has 1 aromatic carbocycles. The van der Waals surface area contributed by atoms with Crippen molar-refractivity contribution in [3.8, 4) is 0 Å². The molecule has 1 atom stereocenters. The predicted octanol–water partition coefficient (Wildman–Crippen LogP) is 1.86. The molecule has 126 valence electrons. The molecule has 2 heterocycles. The van der Waals surface area contributed by atoms with Crippen LogP contribution in [0.5, 0.6) is 0 Å². The fourth-order valence-electron chi connectivity index (χ4n) is 3.19. The molecular weight excluding hydrogens is 304 g/mol. The van der Waals surface area contributed by atoms with Gasteiger partial charge < -0.3 is 9.80 Å². The van der Waals surface area contributed by atoms with Gasteiger partial charge in [0.2, 0.25) is 5.91 Å². The average Bonchev–Trinajstić information content (AvgIpc) is 3.17. The van der Waals surface area contributed by atoms with Gasteiger partial charge in [-0.1, -0.05) is 25.1 Å². The number of aromatic nitrogens is 2. The highest BCUT2D eigenvalue weighted by molar-refractivity contribution is 6.04. The highest BCUT2D eigenvalue weighted by Gasteiger charge is 2.38. The Labute approximate surface area is 141 Å². The van der Waals surface area contributed by atoms with Gasteiger partial charge in [0.25, 0.3) is 5.91 Å². The summed E-state index contributed by atoms with van der Waals surface area (Å²) < 4.78 is 1.65. The molecule has 1 aromatic heterocycles. The van der Waals surface area contributed by atoms with Gasteiger partial charge in [0.1, 0.15) is 6.04 Å². The Balaban J connectivity index is 1.79. The maximum absolute atomic E-state index is 12.8. The topological polar surface area (TPSA) is 58.4 Å². The Morgan fingerprint density at radius 2 is 2.04 bits per heavy atom. The first-order valence-electron chi connectivity index (χ1n) is 8.19. The standard InChI is InChI=1S/C18H22N4O2/c1-4-15-14(12-20(2)19-15)17(23)21(3)16-10-11-22(18(16)24)13-8-6-5-7-9-13/h5-9,12,16H,4,10-11H2,1-3H3. The zero-order valence-electron chi connectivity index (χ0n) is 14.3. The molecule has 24 heavy (non-hydrogen) atoms. The number of carbonyl (C=O) groups excluding carboxylic acids is 2. The highest BCUT2D eigenvalue weighted by Crippen LogP contribution is 2.24. The molecule has 0 radical (unpaired) electrons. The first-order valence-corrected chi connectivity index (χ1v) is 8.19.